The van der Waals surface area contributed by atoms with Gasteiger partial charge < -0.3 is 4.74 Å². The van der Waals surface area contributed by atoms with E-state index in [1.165, 1.54) is 22.3 Å². The Balaban J connectivity index is 2.13. The lowest BCUT2D eigenvalue weighted by atomic mass is 9.93. The van der Waals surface area contributed by atoms with E-state index in [9.17, 15) is 4.79 Å². The van der Waals surface area contributed by atoms with Crippen molar-refractivity contribution in [3.05, 3.63) is 34.4 Å². The summed E-state index contributed by atoms with van der Waals surface area (Å²) in [5.41, 5.74) is 4.88. The van der Waals surface area contributed by atoms with Crippen LogP contribution >= 0.6 is 0 Å². The SMILES string of the molecule is CCOC(C(=O)Cc1c(C)cc(C)cc1C)C1CC1. The van der Waals surface area contributed by atoms with E-state index in [-0.39, 0.29) is 11.9 Å². The maximum absolute atomic E-state index is 12.4. The second-order valence-electron chi connectivity index (χ2n) is 5.73. The first-order valence-electron chi connectivity index (χ1n) is 7.24. The maximum Gasteiger partial charge on any atom is 0.166 e. The first kappa shape index (κ1) is 14.3. The summed E-state index contributed by atoms with van der Waals surface area (Å²) in [5, 5.41) is 0. The Kier molecular flexibility index (Phi) is 4.41. The predicted octanol–water partition coefficient (Wildman–Crippen LogP) is 3.54. The molecule has 1 saturated carbocycles. The van der Waals surface area contributed by atoms with Crippen LogP contribution in [0.15, 0.2) is 12.1 Å². The fourth-order valence-corrected chi connectivity index (χ4v) is 2.83. The monoisotopic (exact) mass is 260 g/mol. The number of ether oxygens (including phenoxy) is 1. The number of hydrogen-bond donors (Lipinski definition) is 0. The third kappa shape index (κ3) is 3.44. The molecule has 2 nitrogen and oxygen atoms in total. The maximum atomic E-state index is 12.4. The average Bonchev–Trinajstić information content (AvgIpc) is 3.14. The van der Waals surface area contributed by atoms with Crippen LogP contribution in [0.3, 0.4) is 0 Å². The number of carbonyl (C=O) groups excluding carboxylic acids is 1. The van der Waals surface area contributed by atoms with Gasteiger partial charge in [0.15, 0.2) is 5.78 Å². The standard InChI is InChI=1S/C17H24O2/c1-5-19-17(14-6-7-14)16(18)10-15-12(3)8-11(2)9-13(15)4/h8-9,14,17H,5-7,10H2,1-4H3. The number of ketones is 1. The number of Topliss-reactive ketones (excluding diaryl/α,β-unsaturated/α-hetero) is 1. The Labute approximate surface area is 116 Å². The molecule has 0 aliphatic heterocycles. The lowest BCUT2D eigenvalue weighted by molar-refractivity contribution is -0.130. The van der Waals surface area contributed by atoms with Crippen molar-refractivity contribution in [1.29, 1.82) is 0 Å². The molecule has 104 valence electrons. The summed E-state index contributed by atoms with van der Waals surface area (Å²) in [7, 11) is 0. The minimum atomic E-state index is -0.176. The van der Waals surface area contributed by atoms with E-state index in [1.54, 1.807) is 0 Å². The van der Waals surface area contributed by atoms with Gasteiger partial charge in [0.2, 0.25) is 0 Å². The highest BCUT2D eigenvalue weighted by atomic mass is 16.5. The molecule has 0 N–H and O–H groups in total. The van der Waals surface area contributed by atoms with E-state index in [0.29, 0.717) is 18.9 Å². The van der Waals surface area contributed by atoms with Crippen LogP contribution in [0.25, 0.3) is 0 Å². The quantitative estimate of drug-likeness (QED) is 0.782. The molecule has 0 aromatic heterocycles. The van der Waals surface area contributed by atoms with Crippen molar-refractivity contribution in [1.82, 2.24) is 0 Å². The van der Waals surface area contributed by atoms with Gasteiger partial charge in [0.05, 0.1) is 0 Å². The second kappa shape index (κ2) is 5.87. The van der Waals surface area contributed by atoms with Gasteiger partial charge in [-0.05, 0) is 63.1 Å². The Morgan fingerprint density at radius 2 is 1.84 bits per heavy atom. The molecule has 0 saturated heterocycles. The molecule has 0 heterocycles. The van der Waals surface area contributed by atoms with Gasteiger partial charge in [0.25, 0.3) is 0 Å². The molecule has 1 aromatic rings. The van der Waals surface area contributed by atoms with Gasteiger partial charge in [0.1, 0.15) is 6.10 Å². The lowest BCUT2D eigenvalue weighted by Crippen LogP contribution is -2.28. The molecule has 0 radical (unpaired) electrons. The van der Waals surface area contributed by atoms with Gasteiger partial charge in [-0.25, -0.2) is 0 Å². The van der Waals surface area contributed by atoms with E-state index in [1.807, 2.05) is 6.92 Å². The molecule has 19 heavy (non-hydrogen) atoms. The van der Waals surface area contributed by atoms with Crippen molar-refractivity contribution < 1.29 is 9.53 Å². The molecular weight excluding hydrogens is 236 g/mol. The minimum absolute atomic E-state index is 0.176. The Bertz CT molecular complexity index is 449. The summed E-state index contributed by atoms with van der Waals surface area (Å²) in [5.74, 6) is 0.720. The number of hydrogen-bond acceptors (Lipinski definition) is 2. The molecule has 2 heteroatoms. The third-order valence-electron chi connectivity index (χ3n) is 3.91. The second-order valence-corrected chi connectivity index (χ2v) is 5.73. The zero-order valence-electron chi connectivity index (χ0n) is 12.5. The van der Waals surface area contributed by atoms with Crippen molar-refractivity contribution in [2.24, 2.45) is 5.92 Å². The molecule has 0 amide bonds. The van der Waals surface area contributed by atoms with Crippen LogP contribution in [0.4, 0.5) is 0 Å². The number of benzene rings is 1. The topological polar surface area (TPSA) is 26.3 Å². The van der Waals surface area contributed by atoms with E-state index >= 15 is 0 Å². The van der Waals surface area contributed by atoms with Crippen LogP contribution in [-0.2, 0) is 16.0 Å². The third-order valence-corrected chi connectivity index (χ3v) is 3.91. The summed E-state index contributed by atoms with van der Waals surface area (Å²) in [4.78, 5) is 12.4. The average molecular weight is 260 g/mol. The van der Waals surface area contributed by atoms with Crippen LogP contribution in [0, 0.1) is 26.7 Å². The summed E-state index contributed by atoms with van der Waals surface area (Å²) in [6.07, 6.45) is 2.62. The highest BCUT2D eigenvalue weighted by Crippen LogP contribution is 2.35. The molecule has 1 aliphatic rings. The molecule has 1 aliphatic carbocycles. The summed E-state index contributed by atoms with van der Waals surface area (Å²) >= 11 is 0. The molecule has 0 bridgehead atoms. The van der Waals surface area contributed by atoms with Crippen molar-refractivity contribution >= 4 is 5.78 Å². The van der Waals surface area contributed by atoms with Crippen LogP contribution in [0.2, 0.25) is 0 Å². The van der Waals surface area contributed by atoms with E-state index < -0.39 is 0 Å². The Morgan fingerprint density at radius 3 is 2.32 bits per heavy atom. The van der Waals surface area contributed by atoms with Crippen molar-refractivity contribution in [2.75, 3.05) is 6.61 Å². The van der Waals surface area contributed by atoms with Crippen molar-refractivity contribution in [3.63, 3.8) is 0 Å². The first-order chi connectivity index (χ1) is 9.02. The van der Waals surface area contributed by atoms with Gasteiger partial charge in [0, 0.05) is 13.0 Å². The summed E-state index contributed by atoms with van der Waals surface area (Å²) < 4.78 is 5.65. The van der Waals surface area contributed by atoms with Gasteiger partial charge in [-0.1, -0.05) is 17.7 Å². The van der Waals surface area contributed by atoms with Crippen LogP contribution in [0.5, 0.6) is 0 Å². The van der Waals surface area contributed by atoms with Gasteiger partial charge in [-0.2, -0.15) is 0 Å². The lowest BCUT2D eigenvalue weighted by Gasteiger charge is -2.17. The zero-order chi connectivity index (χ0) is 14.0. The highest BCUT2D eigenvalue weighted by Gasteiger charge is 2.36. The molecule has 1 unspecified atom stereocenters. The van der Waals surface area contributed by atoms with Crippen molar-refractivity contribution in [2.45, 2.75) is 53.1 Å². The molecule has 1 atom stereocenters. The molecule has 0 spiro atoms. The normalized spacial score (nSPS) is 16.4. The molecular formula is C17H24O2. The zero-order valence-corrected chi connectivity index (χ0v) is 12.5. The van der Waals surface area contributed by atoms with E-state index in [0.717, 1.165) is 12.8 Å². The molecule has 1 fully saturated rings. The smallest absolute Gasteiger partial charge is 0.166 e. The van der Waals surface area contributed by atoms with Crippen LogP contribution in [-0.4, -0.2) is 18.5 Å². The van der Waals surface area contributed by atoms with Crippen LogP contribution < -0.4 is 0 Å². The van der Waals surface area contributed by atoms with Gasteiger partial charge >= 0.3 is 0 Å². The van der Waals surface area contributed by atoms with Crippen molar-refractivity contribution in [3.8, 4) is 0 Å². The van der Waals surface area contributed by atoms with E-state index in [4.69, 9.17) is 4.74 Å². The van der Waals surface area contributed by atoms with Gasteiger partial charge in [-0.3, -0.25) is 4.79 Å². The summed E-state index contributed by atoms with van der Waals surface area (Å²) in [6.45, 7) is 8.87. The summed E-state index contributed by atoms with van der Waals surface area (Å²) in [6, 6.07) is 4.31. The number of aryl methyl sites for hydroxylation is 3. The minimum Gasteiger partial charge on any atom is -0.370 e. The molecule has 2 rings (SSSR count). The van der Waals surface area contributed by atoms with Gasteiger partial charge in [-0.15, -0.1) is 0 Å². The number of carbonyl (C=O) groups is 1. The van der Waals surface area contributed by atoms with Crippen LogP contribution in [0.1, 0.15) is 42.0 Å². The Morgan fingerprint density at radius 1 is 1.26 bits per heavy atom. The Hall–Kier alpha value is -1.15. The predicted molar refractivity (Wildman–Crippen MR) is 77.5 cm³/mol. The number of rotatable bonds is 6. The largest absolute Gasteiger partial charge is 0.370 e. The highest BCUT2D eigenvalue weighted by molar-refractivity contribution is 5.86. The molecule has 1 aromatic carbocycles. The van der Waals surface area contributed by atoms with E-state index in [2.05, 4.69) is 32.9 Å². The first-order valence-corrected chi connectivity index (χ1v) is 7.24. The fourth-order valence-electron chi connectivity index (χ4n) is 2.83. The fraction of sp³-hybridized carbons (Fsp3) is 0.588.